The first-order valence-electron chi connectivity index (χ1n) is 6.39. The molecule has 1 aliphatic rings. The van der Waals surface area contributed by atoms with Crippen molar-refractivity contribution in [1.29, 1.82) is 0 Å². The van der Waals surface area contributed by atoms with Crippen molar-refractivity contribution < 1.29 is 0 Å². The number of imidazole rings is 1. The lowest BCUT2D eigenvalue weighted by atomic mass is 10.1. The maximum Gasteiger partial charge on any atom is 0.127 e. The molecule has 19 heavy (non-hydrogen) atoms. The summed E-state index contributed by atoms with van der Waals surface area (Å²) in [5.74, 6) is 1.14. The van der Waals surface area contributed by atoms with Gasteiger partial charge in [0.05, 0.1) is 9.83 Å². The van der Waals surface area contributed by atoms with Crippen LogP contribution in [0.1, 0.15) is 17.4 Å². The highest BCUT2D eigenvalue weighted by molar-refractivity contribution is 9.11. The smallest absolute Gasteiger partial charge is 0.127 e. The van der Waals surface area contributed by atoms with Gasteiger partial charge >= 0.3 is 0 Å². The fourth-order valence-electron chi connectivity index (χ4n) is 2.55. The fourth-order valence-corrected chi connectivity index (χ4v) is 3.75. The summed E-state index contributed by atoms with van der Waals surface area (Å²) in [4.78, 5) is 7.02. The molecule has 4 nitrogen and oxygen atoms in total. The van der Waals surface area contributed by atoms with Crippen molar-refractivity contribution >= 4 is 27.3 Å². The normalized spacial score (nSPS) is 20.8. The molecule has 2 aromatic rings. The SMILES string of the molecule is Cn1ccnc1C1CNCCN1Cc1csc(Br)c1. The van der Waals surface area contributed by atoms with Crippen molar-refractivity contribution in [2.24, 2.45) is 7.05 Å². The third kappa shape index (κ3) is 2.91. The van der Waals surface area contributed by atoms with E-state index in [4.69, 9.17) is 0 Å². The highest BCUT2D eigenvalue weighted by atomic mass is 79.9. The molecule has 1 unspecified atom stereocenters. The molecule has 6 heteroatoms. The highest BCUT2D eigenvalue weighted by Gasteiger charge is 2.26. The molecule has 102 valence electrons. The van der Waals surface area contributed by atoms with Crippen LogP contribution in [-0.4, -0.2) is 34.1 Å². The Balaban J connectivity index is 1.79. The van der Waals surface area contributed by atoms with Gasteiger partial charge in [0.25, 0.3) is 0 Å². The molecule has 1 N–H and O–H groups in total. The molecule has 3 heterocycles. The van der Waals surface area contributed by atoms with Crippen LogP contribution in [0.5, 0.6) is 0 Å². The van der Waals surface area contributed by atoms with Crippen LogP contribution in [0.4, 0.5) is 0 Å². The van der Waals surface area contributed by atoms with E-state index in [1.165, 1.54) is 9.35 Å². The van der Waals surface area contributed by atoms with Crippen LogP contribution in [0.15, 0.2) is 27.6 Å². The zero-order chi connectivity index (χ0) is 13.2. The zero-order valence-corrected chi connectivity index (χ0v) is 13.2. The number of piperazine rings is 1. The van der Waals surface area contributed by atoms with Gasteiger partial charge in [0.2, 0.25) is 0 Å². The summed E-state index contributed by atoms with van der Waals surface area (Å²) < 4.78 is 3.32. The quantitative estimate of drug-likeness (QED) is 0.931. The molecule has 0 aromatic carbocycles. The summed E-state index contributed by atoms with van der Waals surface area (Å²) in [6, 6.07) is 2.56. The van der Waals surface area contributed by atoms with Gasteiger partial charge in [-0.3, -0.25) is 4.90 Å². The first kappa shape index (κ1) is 13.3. The van der Waals surface area contributed by atoms with Gasteiger partial charge in [-0.25, -0.2) is 4.98 Å². The van der Waals surface area contributed by atoms with Crippen molar-refractivity contribution in [3.05, 3.63) is 39.0 Å². The van der Waals surface area contributed by atoms with Gasteiger partial charge in [-0.15, -0.1) is 11.3 Å². The standard InChI is InChI=1S/C13H17BrN4S/c1-17-4-3-16-13(17)11-7-15-2-5-18(11)8-10-6-12(14)19-9-10/h3-4,6,9,11,15H,2,5,7-8H2,1H3. The van der Waals surface area contributed by atoms with Gasteiger partial charge < -0.3 is 9.88 Å². The van der Waals surface area contributed by atoms with E-state index in [0.717, 1.165) is 32.0 Å². The number of hydrogen-bond acceptors (Lipinski definition) is 4. The van der Waals surface area contributed by atoms with E-state index in [9.17, 15) is 0 Å². The summed E-state index contributed by atoms with van der Waals surface area (Å²) in [7, 11) is 2.07. The van der Waals surface area contributed by atoms with Gasteiger partial charge in [-0.2, -0.15) is 0 Å². The maximum absolute atomic E-state index is 4.51. The highest BCUT2D eigenvalue weighted by Crippen LogP contribution is 2.26. The molecule has 1 atom stereocenters. The molecular formula is C13H17BrN4S. The monoisotopic (exact) mass is 340 g/mol. The second kappa shape index (κ2) is 5.75. The van der Waals surface area contributed by atoms with E-state index in [2.05, 4.69) is 54.2 Å². The Kier molecular flexibility index (Phi) is 4.02. The van der Waals surface area contributed by atoms with Crippen LogP contribution < -0.4 is 5.32 Å². The van der Waals surface area contributed by atoms with E-state index in [1.54, 1.807) is 11.3 Å². The van der Waals surface area contributed by atoms with Crippen molar-refractivity contribution in [2.75, 3.05) is 19.6 Å². The van der Waals surface area contributed by atoms with Crippen molar-refractivity contribution in [3.8, 4) is 0 Å². The Morgan fingerprint density at radius 2 is 2.47 bits per heavy atom. The minimum absolute atomic E-state index is 0.354. The van der Waals surface area contributed by atoms with Crippen LogP contribution in [0, 0.1) is 0 Å². The van der Waals surface area contributed by atoms with Gasteiger partial charge in [0.15, 0.2) is 0 Å². The molecule has 1 aliphatic heterocycles. The Morgan fingerprint density at radius 3 is 3.16 bits per heavy atom. The van der Waals surface area contributed by atoms with Gasteiger partial charge in [0, 0.05) is 45.6 Å². The van der Waals surface area contributed by atoms with E-state index in [1.807, 2.05) is 12.4 Å². The second-order valence-electron chi connectivity index (χ2n) is 4.85. The molecular weight excluding hydrogens is 324 g/mol. The summed E-state index contributed by atoms with van der Waals surface area (Å²) >= 11 is 5.28. The van der Waals surface area contributed by atoms with Crippen molar-refractivity contribution in [2.45, 2.75) is 12.6 Å². The minimum Gasteiger partial charge on any atom is -0.337 e. The number of aromatic nitrogens is 2. The fraction of sp³-hybridized carbons (Fsp3) is 0.462. The van der Waals surface area contributed by atoms with Gasteiger partial charge in [-0.05, 0) is 32.9 Å². The Bertz CT molecular complexity index is 550. The minimum atomic E-state index is 0.354. The molecule has 0 amide bonds. The Labute approximate surface area is 125 Å². The molecule has 3 rings (SSSR count). The molecule has 2 aromatic heterocycles. The van der Waals surface area contributed by atoms with E-state index in [-0.39, 0.29) is 0 Å². The molecule has 1 saturated heterocycles. The van der Waals surface area contributed by atoms with Crippen LogP contribution in [-0.2, 0) is 13.6 Å². The molecule has 0 radical (unpaired) electrons. The molecule has 0 aliphatic carbocycles. The van der Waals surface area contributed by atoms with Crippen molar-refractivity contribution in [3.63, 3.8) is 0 Å². The molecule has 1 fully saturated rings. The van der Waals surface area contributed by atoms with E-state index in [0.29, 0.717) is 6.04 Å². The second-order valence-corrected chi connectivity index (χ2v) is 7.14. The van der Waals surface area contributed by atoms with Crippen LogP contribution in [0.3, 0.4) is 0 Å². The third-order valence-electron chi connectivity index (χ3n) is 3.52. The predicted molar refractivity (Wildman–Crippen MR) is 81.2 cm³/mol. The summed E-state index contributed by atoms with van der Waals surface area (Å²) in [6.45, 7) is 4.06. The lowest BCUT2D eigenvalue weighted by Crippen LogP contribution is -2.46. The van der Waals surface area contributed by atoms with E-state index >= 15 is 0 Å². The number of rotatable bonds is 3. The van der Waals surface area contributed by atoms with Crippen molar-refractivity contribution in [1.82, 2.24) is 19.8 Å². The third-order valence-corrected chi connectivity index (χ3v) is 5.07. The molecule has 0 saturated carbocycles. The largest absolute Gasteiger partial charge is 0.337 e. The average molecular weight is 341 g/mol. The lowest BCUT2D eigenvalue weighted by Gasteiger charge is -2.35. The number of nitrogens with one attached hydrogen (secondary N) is 1. The first-order valence-corrected chi connectivity index (χ1v) is 8.06. The Morgan fingerprint density at radius 1 is 1.58 bits per heavy atom. The Hall–Kier alpha value is -0.690. The number of aryl methyl sites for hydroxylation is 1. The predicted octanol–water partition coefficient (Wildman–Crippen LogP) is 2.39. The number of thiophene rings is 1. The van der Waals surface area contributed by atoms with E-state index < -0.39 is 0 Å². The molecule has 0 bridgehead atoms. The summed E-state index contributed by atoms with van der Waals surface area (Å²) in [6.07, 6.45) is 3.90. The van der Waals surface area contributed by atoms with Gasteiger partial charge in [-0.1, -0.05) is 0 Å². The summed E-state index contributed by atoms with van der Waals surface area (Å²) in [5, 5.41) is 5.69. The van der Waals surface area contributed by atoms with Gasteiger partial charge in [0.1, 0.15) is 5.82 Å². The molecule has 0 spiro atoms. The van der Waals surface area contributed by atoms with Crippen LogP contribution >= 0.6 is 27.3 Å². The zero-order valence-electron chi connectivity index (χ0n) is 10.8. The number of halogens is 1. The topological polar surface area (TPSA) is 33.1 Å². The van der Waals surface area contributed by atoms with Crippen LogP contribution in [0.25, 0.3) is 0 Å². The average Bonchev–Trinajstić information content (AvgIpc) is 2.99. The summed E-state index contributed by atoms with van der Waals surface area (Å²) in [5.41, 5.74) is 1.37. The first-order chi connectivity index (χ1) is 9.24. The number of nitrogens with zero attached hydrogens (tertiary/aromatic N) is 3. The van der Waals surface area contributed by atoms with Crippen LogP contribution in [0.2, 0.25) is 0 Å². The number of hydrogen-bond donors (Lipinski definition) is 1. The maximum atomic E-state index is 4.51. The lowest BCUT2D eigenvalue weighted by molar-refractivity contribution is 0.145.